The predicted molar refractivity (Wildman–Crippen MR) is 158 cm³/mol. The van der Waals surface area contributed by atoms with Crippen molar-refractivity contribution in [2.24, 2.45) is 11.7 Å². The molecule has 3 rings (SSSR count). The van der Waals surface area contributed by atoms with Gasteiger partial charge in [-0.15, -0.1) is 11.3 Å². The van der Waals surface area contributed by atoms with E-state index in [1.54, 1.807) is 18.4 Å². The van der Waals surface area contributed by atoms with Crippen LogP contribution in [0, 0.1) is 5.92 Å². The van der Waals surface area contributed by atoms with E-state index in [0.29, 0.717) is 19.3 Å². The van der Waals surface area contributed by atoms with Gasteiger partial charge in [-0.05, 0) is 51.2 Å². The molecule has 0 amide bonds. The van der Waals surface area contributed by atoms with Crippen molar-refractivity contribution in [1.82, 2.24) is 4.98 Å². The number of methoxy groups -OCH3 is 1. The van der Waals surface area contributed by atoms with E-state index in [-0.39, 0.29) is 6.10 Å². The molecule has 0 spiro atoms. The minimum atomic E-state index is -1.23. The Labute approximate surface area is 242 Å². The highest BCUT2D eigenvalue weighted by Gasteiger charge is 2.49. The maximum absolute atomic E-state index is 14.1. The number of benzene rings is 2. The van der Waals surface area contributed by atoms with Gasteiger partial charge in [0, 0.05) is 26.7 Å². The Morgan fingerprint density at radius 2 is 1.65 bits per heavy atom. The molecule has 216 valence electrons. The van der Waals surface area contributed by atoms with E-state index in [0.717, 1.165) is 27.4 Å². The van der Waals surface area contributed by atoms with Gasteiger partial charge in [-0.1, -0.05) is 67.6 Å². The van der Waals surface area contributed by atoms with Gasteiger partial charge in [0.15, 0.2) is 0 Å². The molecule has 0 aliphatic rings. The zero-order chi connectivity index (χ0) is 29.3. The number of rotatable bonds is 13. The zero-order valence-corrected chi connectivity index (χ0v) is 25.2. The highest BCUT2D eigenvalue weighted by Crippen LogP contribution is 2.38. The topological polar surface area (TPSA) is 101 Å². The third kappa shape index (κ3) is 8.46. The molecule has 0 bridgehead atoms. The van der Waals surface area contributed by atoms with Crippen molar-refractivity contribution >= 4 is 23.3 Å². The van der Waals surface area contributed by atoms with Gasteiger partial charge in [-0.25, -0.2) is 4.98 Å². The summed E-state index contributed by atoms with van der Waals surface area (Å²) in [6.45, 7) is 8.86. The second kappa shape index (κ2) is 14.0. The Hall–Kier alpha value is -3.07. The number of aromatic nitrogens is 1. The molecule has 4 atom stereocenters. The van der Waals surface area contributed by atoms with Crippen LogP contribution in [0.1, 0.15) is 74.6 Å². The Morgan fingerprint density at radius 3 is 2.20 bits per heavy atom. The fourth-order valence-corrected chi connectivity index (χ4v) is 6.08. The Bertz CT molecular complexity index is 1220. The summed E-state index contributed by atoms with van der Waals surface area (Å²) in [5.74, 6) is -1.98. The molecule has 0 aliphatic heterocycles. The fourth-order valence-electron chi connectivity index (χ4n) is 4.98. The monoisotopic (exact) mass is 566 g/mol. The first kappa shape index (κ1) is 31.5. The Balaban J connectivity index is 2.07. The summed E-state index contributed by atoms with van der Waals surface area (Å²) in [4.78, 5) is 32.1. The summed E-state index contributed by atoms with van der Waals surface area (Å²) in [5.41, 5.74) is 7.04. The molecule has 2 N–H and O–H groups in total. The maximum Gasteiger partial charge on any atom is 0.315 e. The molecule has 1 aromatic heterocycles. The molecule has 2 aromatic carbocycles. The fraction of sp³-hybridized carbons (Fsp3) is 0.469. The van der Waals surface area contributed by atoms with Crippen LogP contribution in [0.15, 0.2) is 66.9 Å². The van der Waals surface area contributed by atoms with Gasteiger partial charge >= 0.3 is 11.9 Å². The van der Waals surface area contributed by atoms with E-state index in [9.17, 15) is 9.59 Å². The van der Waals surface area contributed by atoms with E-state index >= 15 is 0 Å². The third-order valence-electron chi connectivity index (χ3n) is 6.74. The van der Waals surface area contributed by atoms with Crippen molar-refractivity contribution in [3.63, 3.8) is 0 Å². The van der Waals surface area contributed by atoms with Crippen LogP contribution in [-0.2, 0) is 42.2 Å². The van der Waals surface area contributed by atoms with E-state index < -0.39 is 35.1 Å². The lowest BCUT2D eigenvalue weighted by Crippen LogP contribution is -2.56. The van der Waals surface area contributed by atoms with E-state index in [2.05, 4.69) is 11.9 Å². The van der Waals surface area contributed by atoms with Crippen molar-refractivity contribution in [3.8, 4) is 0 Å². The van der Waals surface area contributed by atoms with Crippen LogP contribution in [0.4, 0.5) is 0 Å². The number of nitrogens with zero attached hydrogens (tertiary/aromatic N) is 1. The molecule has 0 fully saturated rings. The van der Waals surface area contributed by atoms with Crippen LogP contribution in [0.5, 0.6) is 0 Å². The number of ether oxygens (including phenoxy) is 3. The lowest BCUT2D eigenvalue weighted by Gasteiger charge is -2.41. The zero-order valence-electron chi connectivity index (χ0n) is 24.4. The van der Waals surface area contributed by atoms with Crippen molar-refractivity contribution in [2.75, 3.05) is 7.11 Å². The molecule has 0 saturated heterocycles. The molecule has 8 heteroatoms. The first-order valence-corrected chi connectivity index (χ1v) is 14.5. The number of hydrogen-bond donors (Lipinski definition) is 1. The largest absolute Gasteiger partial charge is 0.462 e. The van der Waals surface area contributed by atoms with Crippen LogP contribution in [-0.4, -0.2) is 35.7 Å². The van der Waals surface area contributed by atoms with Crippen LogP contribution < -0.4 is 5.73 Å². The highest BCUT2D eigenvalue weighted by molar-refractivity contribution is 7.11. The number of thiazole rings is 1. The molecule has 1 heterocycles. The maximum atomic E-state index is 14.1. The number of nitrogens with two attached hydrogens (primary N) is 1. The molecule has 0 radical (unpaired) electrons. The standard InChI is InChI=1S/C32H42N2O5S/c1-7-25(37-6)27-21-34-28(40-27)19-18-26(38-22(2)35)29(30(36)39-31(3,4)5)32(33,24-16-12-9-13-17-24)20-23-14-10-8-11-15-23/h8-17,21,25-26,29H,7,18-20,33H2,1-6H3. The van der Waals surface area contributed by atoms with Crippen molar-refractivity contribution in [3.05, 3.63) is 87.9 Å². The van der Waals surface area contributed by atoms with Gasteiger partial charge in [0.2, 0.25) is 0 Å². The summed E-state index contributed by atoms with van der Waals surface area (Å²) < 4.78 is 17.4. The minimum absolute atomic E-state index is 0.0225. The molecule has 7 nitrogen and oxygen atoms in total. The summed E-state index contributed by atoms with van der Waals surface area (Å²) in [6, 6.07) is 19.3. The van der Waals surface area contributed by atoms with Crippen LogP contribution in [0.2, 0.25) is 0 Å². The van der Waals surface area contributed by atoms with E-state index in [4.69, 9.17) is 19.9 Å². The van der Waals surface area contributed by atoms with Crippen molar-refractivity contribution in [2.45, 2.75) is 83.6 Å². The molecule has 0 aliphatic carbocycles. The Kier molecular flexibility index (Phi) is 11.0. The van der Waals surface area contributed by atoms with Gasteiger partial charge < -0.3 is 19.9 Å². The second-order valence-corrected chi connectivity index (χ2v) is 12.2. The summed E-state index contributed by atoms with van der Waals surface area (Å²) in [7, 11) is 1.69. The lowest BCUT2D eigenvalue weighted by atomic mass is 9.71. The van der Waals surface area contributed by atoms with E-state index in [1.165, 1.54) is 6.92 Å². The van der Waals surface area contributed by atoms with E-state index in [1.807, 2.05) is 87.6 Å². The quantitative estimate of drug-likeness (QED) is 0.247. The molecule has 40 heavy (non-hydrogen) atoms. The number of aryl methyl sites for hydroxylation is 1. The normalized spacial score (nSPS) is 15.5. The number of esters is 2. The molecular weight excluding hydrogens is 524 g/mol. The number of carbonyl (C=O) groups is 2. The van der Waals surface area contributed by atoms with Gasteiger partial charge in [-0.2, -0.15) is 0 Å². The van der Waals surface area contributed by atoms with Gasteiger partial charge in [0.1, 0.15) is 17.6 Å². The van der Waals surface area contributed by atoms with Crippen molar-refractivity contribution < 1.29 is 23.8 Å². The first-order chi connectivity index (χ1) is 19.0. The number of carbonyl (C=O) groups excluding carboxylic acids is 2. The summed E-state index contributed by atoms with van der Waals surface area (Å²) in [5, 5.41) is 0.871. The van der Waals surface area contributed by atoms with Crippen LogP contribution in [0.3, 0.4) is 0 Å². The summed E-state index contributed by atoms with van der Waals surface area (Å²) >= 11 is 1.56. The molecule has 0 saturated carbocycles. The van der Waals surface area contributed by atoms with Gasteiger partial charge in [0.25, 0.3) is 0 Å². The number of hydrogen-bond acceptors (Lipinski definition) is 8. The Morgan fingerprint density at radius 1 is 1.02 bits per heavy atom. The van der Waals surface area contributed by atoms with Crippen LogP contribution in [0.25, 0.3) is 0 Å². The molecule has 3 aromatic rings. The predicted octanol–water partition coefficient (Wildman–Crippen LogP) is 6.16. The van der Waals surface area contributed by atoms with Crippen LogP contribution >= 0.6 is 11.3 Å². The van der Waals surface area contributed by atoms with Gasteiger partial charge in [-0.3, -0.25) is 9.59 Å². The smallest absolute Gasteiger partial charge is 0.315 e. The average Bonchev–Trinajstić information content (AvgIpc) is 3.36. The molecular formula is C32H42N2O5S. The summed E-state index contributed by atoms with van der Waals surface area (Å²) in [6.07, 6.45) is 2.98. The molecule has 4 unspecified atom stereocenters. The lowest BCUT2D eigenvalue weighted by molar-refractivity contribution is -0.173. The SMILES string of the molecule is CCC(OC)c1cnc(CCC(OC(C)=O)C(C(=O)OC(C)(C)C)C(N)(Cc2ccccc2)c2ccccc2)s1. The van der Waals surface area contributed by atoms with Crippen molar-refractivity contribution in [1.29, 1.82) is 0 Å². The van der Waals surface area contributed by atoms with Gasteiger partial charge in [0.05, 0.1) is 21.5 Å². The highest BCUT2D eigenvalue weighted by atomic mass is 32.1. The first-order valence-electron chi connectivity index (χ1n) is 13.7. The average molecular weight is 567 g/mol. The minimum Gasteiger partial charge on any atom is -0.462 e. The third-order valence-corrected chi connectivity index (χ3v) is 7.89. The second-order valence-electron chi connectivity index (χ2n) is 11.1.